The molecule has 1 aliphatic carbocycles. The number of aliphatic hydroxyl groups excluding tert-OH is 1. The molecule has 18 heavy (non-hydrogen) atoms. The minimum atomic E-state index is -1.17. The van der Waals surface area contributed by atoms with E-state index < -0.39 is 17.5 Å². The second-order valence-corrected chi connectivity index (χ2v) is 5.54. The van der Waals surface area contributed by atoms with Crippen LogP contribution >= 0.6 is 0 Å². The number of hydrogen-bond donors (Lipinski definition) is 2. The Morgan fingerprint density at radius 1 is 1.17 bits per heavy atom. The molecule has 1 fully saturated rings. The standard InChI is InChI=1S/C15H21FO2/c1-10-8-11(2)13(12(16)9-10)14(17)15(18)6-4-3-5-7-15/h8-9,14,17-18H,3-7H2,1-2H3. The molecule has 1 aromatic carbocycles. The zero-order valence-electron chi connectivity index (χ0n) is 11.0. The number of aliphatic hydroxyl groups is 2. The van der Waals surface area contributed by atoms with Gasteiger partial charge in [-0.25, -0.2) is 4.39 Å². The summed E-state index contributed by atoms with van der Waals surface area (Å²) in [5.74, 6) is -0.418. The Kier molecular flexibility index (Phi) is 3.74. The molecular formula is C15H21FO2. The summed E-state index contributed by atoms with van der Waals surface area (Å²) in [7, 11) is 0. The van der Waals surface area contributed by atoms with Gasteiger partial charge < -0.3 is 10.2 Å². The zero-order valence-corrected chi connectivity index (χ0v) is 11.0. The fraction of sp³-hybridized carbons (Fsp3) is 0.600. The van der Waals surface area contributed by atoms with Gasteiger partial charge >= 0.3 is 0 Å². The summed E-state index contributed by atoms with van der Waals surface area (Å²) < 4.78 is 14.0. The lowest BCUT2D eigenvalue weighted by Crippen LogP contribution is -2.39. The molecule has 2 rings (SSSR count). The number of aryl methyl sites for hydroxylation is 2. The largest absolute Gasteiger partial charge is 0.387 e. The predicted molar refractivity (Wildman–Crippen MR) is 68.9 cm³/mol. The van der Waals surface area contributed by atoms with E-state index in [0.29, 0.717) is 18.4 Å². The Morgan fingerprint density at radius 2 is 1.78 bits per heavy atom. The van der Waals surface area contributed by atoms with Crippen LogP contribution in [0.1, 0.15) is 54.9 Å². The molecule has 1 aliphatic rings. The smallest absolute Gasteiger partial charge is 0.129 e. The van der Waals surface area contributed by atoms with E-state index >= 15 is 0 Å². The third-order valence-electron chi connectivity index (χ3n) is 3.98. The molecule has 0 aromatic heterocycles. The zero-order chi connectivity index (χ0) is 13.3. The van der Waals surface area contributed by atoms with E-state index in [9.17, 15) is 14.6 Å². The molecule has 0 aliphatic heterocycles. The molecule has 1 aromatic rings. The normalized spacial score (nSPS) is 20.7. The van der Waals surface area contributed by atoms with Crippen molar-refractivity contribution in [3.05, 3.63) is 34.6 Å². The van der Waals surface area contributed by atoms with Crippen LogP contribution in [-0.4, -0.2) is 15.8 Å². The monoisotopic (exact) mass is 252 g/mol. The van der Waals surface area contributed by atoms with Gasteiger partial charge in [0.15, 0.2) is 0 Å². The summed E-state index contributed by atoms with van der Waals surface area (Å²) in [5, 5.41) is 20.9. The second-order valence-electron chi connectivity index (χ2n) is 5.54. The highest BCUT2D eigenvalue weighted by Gasteiger charge is 2.39. The quantitative estimate of drug-likeness (QED) is 0.848. The minimum absolute atomic E-state index is 0.255. The lowest BCUT2D eigenvalue weighted by molar-refractivity contribution is -0.101. The van der Waals surface area contributed by atoms with E-state index in [2.05, 4.69) is 0 Å². The topological polar surface area (TPSA) is 40.5 Å². The number of benzene rings is 1. The third-order valence-corrected chi connectivity index (χ3v) is 3.98. The maximum atomic E-state index is 14.0. The van der Waals surface area contributed by atoms with Gasteiger partial charge in [-0.05, 0) is 43.9 Å². The number of rotatable bonds is 2. The first-order chi connectivity index (χ1) is 8.44. The molecule has 2 N–H and O–H groups in total. The van der Waals surface area contributed by atoms with Gasteiger partial charge in [-0.15, -0.1) is 0 Å². The Labute approximate surface area is 107 Å². The van der Waals surface area contributed by atoms with Crippen LogP contribution < -0.4 is 0 Å². The van der Waals surface area contributed by atoms with Crippen molar-refractivity contribution < 1.29 is 14.6 Å². The van der Waals surface area contributed by atoms with E-state index in [1.165, 1.54) is 6.07 Å². The molecule has 3 heteroatoms. The van der Waals surface area contributed by atoms with Crippen LogP contribution in [0.4, 0.5) is 4.39 Å². The third kappa shape index (κ3) is 2.43. The summed E-state index contributed by atoms with van der Waals surface area (Å²) in [6.45, 7) is 3.60. The van der Waals surface area contributed by atoms with E-state index in [4.69, 9.17) is 0 Å². The lowest BCUT2D eigenvalue weighted by Gasteiger charge is -2.37. The van der Waals surface area contributed by atoms with Crippen LogP contribution in [0.3, 0.4) is 0 Å². The first-order valence-corrected chi connectivity index (χ1v) is 6.61. The molecule has 0 saturated heterocycles. The van der Waals surface area contributed by atoms with Crippen LogP contribution in [0, 0.1) is 19.7 Å². The SMILES string of the molecule is Cc1cc(C)c(C(O)C2(O)CCCCC2)c(F)c1. The molecule has 0 spiro atoms. The molecule has 1 saturated carbocycles. The molecule has 2 nitrogen and oxygen atoms in total. The van der Waals surface area contributed by atoms with E-state index in [1.54, 1.807) is 6.92 Å². The van der Waals surface area contributed by atoms with E-state index in [1.807, 2.05) is 13.0 Å². The van der Waals surface area contributed by atoms with Crippen molar-refractivity contribution in [3.63, 3.8) is 0 Å². The van der Waals surface area contributed by atoms with Gasteiger partial charge in [-0.1, -0.05) is 25.3 Å². The van der Waals surface area contributed by atoms with Crippen molar-refractivity contribution in [1.82, 2.24) is 0 Å². The van der Waals surface area contributed by atoms with Crippen molar-refractivity contribution in [2.75, 3.05) is 0 Å². The molecule has 0 radical (unpaired) electrons. The average Bonchev–Trinajstić information content (AvgIpc) is 2.28. The molecular weight excluding hydrogens is 231 g/mol. The van der Waals surface area contributed by atoms with Crippen molar-refractivity contribution in [2.45, 2.75) is 57.7 Å². The summed E-state index contributed by atoms with van der Waals surface area (Å²) in [6.07, 6.45) is 2.81. The molecule has 100 valence electrons. The Morgan fingerprint density at radius 3 is 2.33 bits per heavy atom. The summed E-state index contributed by atoms with van der Waals surface area (Å²) in [5.41, 5.74) is 0.625. The Bertz CT molecular complexity index is 413. The fourth-order valence-corrected chi connectivity index (χ4v) is 2.98. The fourth-order valence-electron chi connectivity index (χ4n) is 2.98. The number of halogens is 1. The highest BCUT2D eigenvalue weighted by Crippen LogP contribution is 2.40. The molecule has 0 heterocycles. The number of hydrogen-bond acceptors (Lipinski definition) is 2. The van der Waals surface area contributed by atoms with E-state index in [0.717, 1.165) is 24.8 Å². The van der Waals surface area contributed by atoms with Gasteiger partial charge in [0.1, 0.15) is 11.9 Å². The van der Waals surface area contributed by atoms with Gasteiger partial charge in [0.05, 0.1) is 5.60 Å². The van der Waals surface area contributed by atoms with Gasteiger partial charge in [0, 0.05) is 5.56 Å². The lowest BCUT2D eigenvalue weighted by atomic mass is 9.77. The minimum Gasteiger partial charge on any atom is -0.387 e. The van der Waals surface area contributed by atoms with Gasteiger partial charge in [0.2, 0.25) is 0 Å². The summed E-state index contributed by atoms with van der Waals surface area (Å²) >= 11 is 0. The van der Waals surface area contributed by atoms with Gasteiger partial charge in [-0.2, -0.15) is 0 Å². The van der Waals surface area contributed by atoms with Crippen LogP contribution in [0.5, 0.6) is 0 Å². The van der Waals surface area contributed by atoms with Gasteiger partial charge in [0.25, 0.3) is 0 Å². The molecule has 1 atom stereocenters. The van der Waals surface area contributed by atoms with Crippen molar-refractivity contribution in [2.24, 2.45) is 0 Å². The van der Waals surface area contributed by atoms with E-state index in [-0.39, 0.29) is 5.56 Å². The van der Waals surface area contributed by atoms with Crippen molar-refractivity contribution in [1.29, 1.82) is 0 Å². The average molecular weight is 252 g/mol. The highest BCUT2D eigenvalue weighted by atomic mass is 19.1. The first-order valence-electron chi connectivity index (χ1n) is 6.61. The molecule has 0 bridgehead atoms. The highest BCUT2D eigenvalue weighted by molar-refractivity contribution is 5.35. The van der Waals surface area contributed by atoms with Crippen LogP contribution in [-0.2, 0) is 0 Å². The van der Waals surface area contributed by atoms with Crippen LogP contribution in [0.25, 0.3) is 0 Å². The maximum absolute atomic E-state index is 14.0. The summed E-state index contributed by atoms with van der Waals surface area (Å²) in [6, 6.07) is 3.26. The Hall–Kier alpha value is -0.930. The summed E-state index contributed by atoms with van der Waals surface area (Å²) in [4.78, 5) is 0. The Balaban J connectivity index is 2.36. The second kappa shape index (κ2) is 4.98. The predicted octanol–water partition coefficient (Wildman–Crippen LogP) is 3.17. The first kappa shape index (κ1) is 13.5. The molecule has 1 unspecified atom stereocenters. The van der Waals surface area contributed by atoms with Crippen LogP contribution in [0.2, 0.25) is 0 Å². The maximum Gasteiger partial charge on any atom is 0.129 e. The van der Waals surface area contributed by atoms with Gasteiger partial charge in [-0.3, -0.25) is 0 Å². The van der Waals surface area contributed by atoms with Crippen LogP contribution in [0.15, 0.2) is 12.1 Å². The van der Waals surface area contributed by atoms with Crippen molar-refractivity contribution >= 4 is 0 Å². The molecule has 0 amide bonds. The van der Waals surface area contributed by atoms with Crippen molar-refractivity contribution in [3.8, 4) is 0 Å².